The van der Waals surface area contributed by atoms with Crippen LogP contribution < -0.4 is 0 Å². The number of nitrogens with zero attached hydrogens (tertiary/aromatic N) is 1. The van der Waals surface area contributed by atoms with Crippen LogP contribution in [-0.4, -0.2) is 9.97 Å². The highest BCUT2D eigenvalue weighted by molar-refractivity contribution is 4.85. The van der Waals surface area contributed by atoms with Crippen molar-refractivity contribution in [3.05, 3.63) is 18.2 Å². The standard InChI is InChI=1S/C10H17N2/c1-2-3-4-5-6-7-10-11-8-9-12-10/h8H,2-7H2,1H3,(H,11,12). The summed E-state index contributed by atoms with van der Waals surface area (Å²) in [6.45, 7) is 2.24. The highest BCUT2D eigenvalue weighted by atomic mass is 14.9. The second-order valence-electron chi connectivity index (χ2n) is 3.14. The van der Waals surface area contributed by atoms with E-state index in [2.05, 4.69) is 23.1 Å². The van der Waals surface area contributed by atoms with Gasteiger partial charge in [0, 0.05) is 12.6 Å². The molecule has 1 rings (SSSR count). The minimum atomic E-state index is 1.08. The quantitative estimate of drug-likeness (QED) is 0.645. The van der Waals surface area contributed by atoms with Gasteiger partial charge in [0.15, 0.2) is 0 Å². The van der Waals surface area contributed by atoms with Crippen LogP contribution in [0.2, 0.25) is 0 Å². The van der Waals surface area contributed by atoms with Crippen LogP contribution in [-0.2, 0) is 6.42 Å². The van der Waals surface area contributed by atoms with Crippen LogP contribution in [0.5, 0.6) is 0 Å². The van der Waals surface area contributed by atoms with E-state index in [1.54, 1.807) is 6.20 Å². The van der Waals surface area contributed by atoms with Crippen molar-refractivity contribution >= 4 is 0 Å². The number of unbranched alkanes of at least 4 members (excludes halogenated alkanes) is 4. The first kappa shape index (κ1) is 9.30. The van der Waals surface area contributed by atoms with Crippen molar-refractivity contribution < 1.29 is 0 Å². The van der Waals surface area contributed by atoms with Gasteiger partial charge in [-0.25, -0.2) is 4.98 Å². The summed E-state index contributed by atoms with van der Waals surface area (Å²) in [5.74, 6) is 1.08. The molecule has 0 saturated heterocycles. The second-order valence-corrected chi connectivity index (χ2v) is 3.14. The summed E-state index contributed by atoms with van der Waals surface area (Å²) in [5, 5.41) is 0. The zero-order valence-electron chi connectivity index (χ0n) is 7.77. The first-order chi connectivity index (χ1) is 5.93. The third-order valence-electron chi connectivity index (χ3n) is 2.02. The number of imidazole rings is 1. The molecule has 0 unspecified atom stereocenters. The van der Waals surface area contributed by atoms with Crippen molar-refractivity contribution in [2.75, 3.05) is 0 Å². The van der Waals surface area contributed by atoms with Crippen molar-refractivity contribution in [3.8, 4) is 0 Å². The zero-order chi connectivity index (χ0) is 8.65. The Balaban J connectivity index is 1.96. The van der Waals surface area contributed by atoms with E-state index in [1.165, 1.54) is 32.1 Å². The van der Waals surface area contributed by atoms with Crippen LogP contribution in [0.15, 0.2) is 6.20 Å². The van der Waals surface area contributed by atoms with Crippen molar-refractivity contribution in [3.63, 3.8) is 0 Å². The van der Waals surface area contributed by atoms with Crippen molar-refractivity contribution in [2.45, 2.75) is 45.4 Å². The number of aromatic nitrogens is 2. The third-order valence-corrected chi connectivity index (χ3v) is 2.02. The largest absolute Gasteiger partial charge is 0.348 e. The monoisotopic (exact) mass is 165 g/mol. The number of nitrogens with one attached hydrogen (secondary N) is 1. The van der Waals surface area contributed by atoms with Gasteiger partial charge in [0.05, 0.1) is 0 Å². The summed E-state index contributed by atoms with van der Waals surface area (Å²) in [5.41, 5.74) is 0. The van der Waals surface area contributed by atoms with Gasteiger partial charge >= 0.3 is 0 Å². The Morgan fingerprint density at radius 2 is 2.17 bits per heavy atom. The van der Waals surface area contributed by atoms with Gasteiger partial charge in [-0.2, -0.15) is 0 Å². The Bertz CT molecular complexity index is 180. The van der Waals surface area contributed by atoms with Gasteiger partial charge in [0.1, 0.15) is 12.0 Å². The number of aryl methyl sites for hydroxylation is 1. The van der Waals surface area contributed by atoms with Gasteiger partial charge in [-0.05, 0) is 6.42 Å². The topological polar surface area (TPSA) is 28.7 Å². The Hall–Kier alpha value is -0.790. The van der Waals surface area contributed by atoms with E-state index in [0.717, 1.165) is 12.2 Å². The molecule has 0 aliphatic heterocycles. The van der Waals surface area contributed by atoms with E-state index in [1.807, 2.05) is 0 Å². The lowest BCUT2D eigenvalue weighted by Crippen LogP contribution is -1.87. The number of hydrogen-bond donors (Lipinski definition) is 1. The molecule has 2 nitrogen and oxygen atoms in total. The lowest BCUT2D eigenvalue weighted by Gasteiger charge is -1.97. The molecular formula is C10H17N2. The maximum absolute atomic E-state index is 4.05. The fourth-order valence-electron chi connectivity index (χ4n) is 1.28. The molecule has 0 atom stereocenters. The first-order valence-electron chi connectivity index (χ1n) is 4.84. The fraction of sp³-hybridized carbons (Fsp3) is 0.700. The average Bonchev–Trinajstić information content (AvgIpc) is 2.57. The molecule has 2 heteroatoms. The van der Waals surface area contributed by atoms with Gasteiger partial charge in [-0.1, -0.05) is 32.6 Å². The van der Waals surface area contributed by atoms with Crippen LogP contribution >= 0.6 is 0 Å². The second kappa shape index (κ2) is 5.81. The maximum atomic E-state index is 4.05. The van der Waals surface area contributed by atoms with E-state index in [9.17, 15) is 0 Å². The van der Waals surface area contributed by atoms with Gasteiger partial charge in [0.2, 0.25) is 0 Å². The van der Waals surface area contributed by atoms with E-state index in [-0.39, 0.29) is 0 Å². The summed E-state index contributed by atoms with van der Waals surface area (Å²) in [7, 11) is 0. The molecule has 1 radical (unpaired) electrons. The number of H-pyrrole nitrogens is 1. The maximum Gasteiger partial charge on any atom is 0.108 e. The van der Waals surface area contributed by atoms with Gasteiger partial charge < -0.3 is 4.98 Å². The highest BCUT2D eigenvalue weighted by Crippen LogP contribution is 2.05. The SMILES string of the molecule is CCCCCCCc1n[c]c[nH]1. The molecule has 67 valence electrons. The van der Waals surface area contributed by atoms with Crippen molar-refractivity contribution in [2.24, 2.45) is 0 Å². The molecule has 0 amide bonds. The summed E-state index contributed by atoms with van der Waals surface area (Å²) >= 11 is 0. The normalized spacial score (nSPS) is 10.4. The molecule has 1 aromatic heterocycles. The van der Waals surface area contributed by atoms with Gasteiger partial charge in [-0.3, -0.25) is 0 Å². The fourth-order valence-corrected chi connectivity index (χ4v) is 1.28. The van der Waals surface area contributed by atoms with E-state index in [4.69, 9.17) is 0 Å². The van der Waals surface area contributed by atoms with Crippen molar-refractivity contribution in [1.29, 1.82) is 0 Å². The number of hydrogen-bond acceptors (Lipinski definition) is 1. The first-order valence-corrected chi connectivity index (χ1v) is 4.84. The third kappa shape index (κ3) is 3.56. The van der Waals surface area contributed by atoms with Gasteiger partial charge in [-0.15, -0.1) is 0 Å². The summed E-state index contributed by atoms with van der Waals surface area (Å²) in [4.78, 5) is 7.11. The average molecular weight is 165 g/mol. The summed E-state index contributed by atoms with van der Waals surface area (Å²) < 4.78 is 0. The van der Waals surface area contributed by atoms with Crippen LogP contribution in [0.1, 0.15) is 44.9 Å². The molecule has 1 aromatic rings. The minimum Gasteiger partial charge on any atom is -0.348 e. The van der Waals surface area contributed by atoms with Crippen molar-refractivity contribution in [1.82, 2.24) is 9.97 Å². The van der Waals surface area contributed by atoms with Crippen LogP contribution in [0.3, 0.4) is 0 Å². The van der Waals surface area contributed by atoms with E-state index in [0.29, 0.717) is 0 Å². The van der Waals surface area contributed by atoms with Gasteiger partial charge in [0.25, 0.3) is 0 Å². The highest BCUT2D eigenvalue weighted by Gasteiger charge is 1.94. The van der Waals surface area contributed by atoms with E-state index >= 15 is 0 Å². The summed E-state index contributed by atoms with van der Waals surface area (Å²) in [6.07, 6.45) is 12.2. The number of rotatable bonds is 6. The Labute approximate surface area is 74.4 Å². The Kier molecular flexibility index (Phi) is 4.50. The van der Waals surface area contributed by atoms with Crippen LogP contribution in [0.25, 0.3) is 0 Å². The molecule has 0 aliphatic carbocycles. The predicted molar refractivity (Wildman–Crippen MR) is 49.9 cm³/mol. The predicted octanol–water partition coefficient (Wildman–Crippen LogP) is 2.72. The lowest BCUT2D eigenvalue weighted by atomic mass is 10.1. The number of aromatic amines is 1. The van der Waals surface area contributed by atoms with E-state index < -0.39 is 0 Å². The Morgan fingerprint density at radius 3 is 2.83 bits per heavy atom. The zero-order valence-corrected chi connectivity index (χ0v) is 7.77. The molecule has 1 heterocycles. The molecule has 1 N–H and O–H groups in total. The minimum absolute atomic E-state index is 1.08. The summed E-state index contributed by atoms with van der Waals surface area (Å²) in [6, 6.07) is 0. The molecule has 12 heavy (non-hydrogen) atoms. The molecule has 0 spiro atoms. The van der Waals surface area contributed by atoms with Crippen LogP contribution in [0, 0.1) is 6.20 Å². The Morgan fingerprint density at radius 1 is 1.33 bits per heavy atom. The molecule has 0 fully saturated rings. The molecular weight excluding hydrogens is 148 g/mol. The molecule has 0 aromatic carbocycles. The molecule has 0 bridgehead atoms. The molecule has 0 aliphatic rings. The lowest BCUT2D eigenvalue weighted by molar-refractivity contribution is 0.624. The van der Waals surface area contributed by atoms with Crippen LogP contribution in [0.4, 0.5) is 0 Å². The molecule has 0 saturated carbocycles. The smallest absolute Gasteiger partial charge is 0.108 e.